The highest BCUT2D eigenvalue weighted by atomic mass is 19.4. The summed E-state index contributed by atoms with van der Waals surface area (Å²) in [6.07, 6.45) is -4.38. The van der Waals surface area contributed by atoms with Gasteiger partial charge in [0.05, 0.1) is 17.6 Å². The minimum Gasteiger partial charge on any atom is -0.490 e. The van der Waals surface area contributed by atoms with Crippen molar-refractivity contribution in [2.75, 3.05) is 7.11 Å². The minimum atomic E-state index is -4.38. The lowest BCUT2D eigenvalue weighted by Gasteiger charge is -2.10. The molecule has 5 nitrogen and oxygen atoms in total. The minimum absolute atomic E-state index is 0.154. The zero-order valence-electron chi connectivity index (χ0n) is 12.8. The Morgan fingerprint density at radius 2 is 1.79 bits per heavy atom. The summed E-state index contributed by atoms with van der Waals surface area (Å²) in [5, 5.41) is 13.9. The molecule has 2 rings (SSSR count). The first kappa shape index (κ1) is 17.7. The van der Waals surface area contributed by atoms with Crippen molar-refractivity contribution in [1.82, 2.24) is 5.32 Å². The van der Waals surface area contributed by atoms with Crippen molar-refractivity contribution in [2.45, 2.75) is 19.3 Å². The summed E-state index contributed by atoms with van der Waals surface area (Å²) >= 11 is 0. The fraction of sp³-hybridized carbons (Fsp3) is 0.250. The van der Waals surface area contributed by atoms with Crippen molar-refractivity contribution in [1.29, 1.82) is 0 Å². The van der Waals surface area contributed by atoms with Gasteiger partial charge in [0.2, 0.25) is 0 Å². The van der Waals surface area contributed by atoms with E-state index >= 15 is 0 Å². The van der Waals surface area contributed by atoms with E-state index in [0.29, 0.717) is 11.1 Å². The lowest BCUT2D eigenvalue weighted by atomic mass is 10.1. The van der Waals surface area contributed by atoms with Gasteiger partial charge in [0, 0.05) is 19.2 Å². The largest absolute Gasteiger partial charge is 0.490 e. The third-order valence-corrected chi connectivity index (χ3v) is 3.35. The number of hydrogen-bond donors (Lipinski definition) is 1. The maximum absolute atomic E-state index is 12.7. The van der Waals surface area contributed by atoms with Crippen molar-refractivity contribution in [2.24, 2.45) is 0 Å². The van der Waals surface area contributed by atoms with Crippen LogP contribution in [0.5, 0.6) is 5.75 Å². The van der Waals surface area contributed by atoms with Gasteiger partial charge < -0.3 is 10.1 Å². The molecule has 0 fully saturated rings. The van der Waals surface area contributed by atoms with Crippen LogP contribution in [0.2, 0.25) is 0 Å². The molecule has 2 aromatic rings. The third kappa shape index (κ3) is 4.45. The molecule has 0 saturated carbocycles. The predicted octanol–water partition coefficient (Wildman–Crippen LogP) is 3.91. The molecule has 128 valence electrons. The fourth-order valence-corrected chi connectivity index (χ4v) is 2.20. The van der Waals surface area contributed by atoms with Crippen LogP contribution in [0.1, 0.15) is 16.7 Å². The zero-order valence-corrected chi connectivity index (χ0v) is 12.8. The van der Waals surface area contributed by atoms with Crippen LogP contribution in [0.3, 0.4) is 0 Å². The van der Waals surface area contributed by atoms with Crippen LogP contribution in [-0.4, -0.2) is 12.0 Å². The molecule has 0 aliphatic rings. The molecule has 24 heavy (non-hydrogen) atoms. The number of rotatable bonds is 6. The van der Waals surface area contributed by atoms with Crippen LogP contribution in [0, 0.1) is 10.1 Å². The maximum atomic E-state index is 12.7. The van der Waals surface area contributed by atoms with Crippen LogP contribution in [0.15, 0.2) is 42.5 Å². The number of benzene rings is 2. The second-order valence-electron chi connectivity index (χ2n) is 5.07. The summed E-state index contributed by atoms with van der Waals surface area (Å²) in [5.74, 6) is 0.154. The summed E-state index contributed by atoms with van der Waals surface area (Å²) in [6.45, 7) is 0.491. The monoisotopic (exact) mass is 340 g/mol. The summed E-state index contributed by atoms with van der Waals surface area (Å²) < 4.78 is 42.9. The molecule has 2 aromatic carbocycles. The molecule has 1 N–H and O–H groups in total. The number of nitrogens with zero attached hydrogens (tertiary/aromatic N) is 1. The Morgan fingerprint density at radius 1 is 1.12 bits per heavy atom. The Kier molecular flexibility index (Phi) is 5.40. The SMILES string of the molecule is COc1ccc(CNCc2cccc(C(F)(F)F)c2)cc1[N+](=O)[O-]. The third-order valence-electron chi connectivity index (χ3n) is 3.35. The van der Waals surface area contributed by atoms with Gasteiger partial charge in [-0.1, -0.05) is 24.3 Å². The van der Waals surface area contributed by atoms with Gasteiger partial charge in [0.1, 0.15) is 0 Å². The van der Waals surface area contributed by atoms with E-state index in [1.54, 1.807) is 12.1 Å². The first-order valence-corrected chi connectivity index (χ1v) is 6.99. The average Bonchev–Trinajstić information content (AvgIpc) is 2.54. The topological polar surface area (TPSA) is 64.4 Å². The Hall–Kier alpha value is -2.61. The van der Waals surface area contributed by atoms with E-state index < -0.39 is 16.7 Å². The Morgan fingerprint density at radius 3 is 2.38 bits per heavy atom. The van der Waals surface area contributed by atoms with Gasteiger partial charge >= 0.3 is 11.9 Å². The van der Waals surface area contributed by atoms with Gasteiger partial charge in [-0.15, -0.1) is 0 Å². The summed E-state index contributed by atoms with van der Waals surface area (Å²) in [7, 11) is 1.34. The highest BCUT2D eigenvalue weighted by Crippen LogP contribution is 2.30. The van der Waals surface area contributed by atoms with Gasteiger partial charge in [0.25, 0.3) is 0 Å². The summed E-state index contributed by atoms with van der Waals surface area (Å²) in [6, 6.07) is 9.53. The lowest BCUT2D eigenvalue weighted by molar-refractivity contribution is -0.385. The number of ether oxygens (including phenoxy) is 1. The molecule has 0 bridgehead atoms. The van der Waals surface area contributed by atoms with Crippen LogP contribution in [0.4, 0.5) is 18.9 Å². The summed E-state index contributed by atoms with van der Waals surface area (Å²) in [4.78, 5) is 10.4. The van der Waals surface area contributed by atoms with Crippen LogP contribution in [0.25, 0.3) is 0 Å². The molecule has 0 spiro atoms. The average molecular weight is 340 g/mol. The molecule has 0 amide bonds. The highest BCUT2D eigenvalue weighted by molar-refractivity contribution is 5.48. The first-order valence-electron chi connectivity index (χ1n) is 6.99. The molecule has 0 radical (unpaired) electrons. The number of methoxy groups -OCH3 is 1. The smallest absolute Gasteiger partial charge is 0.416 e. The van der Waals surface area contributed by atoms with Gasteiger partial charge in [-0.05, 0) is 23.3 Å². The lowest BCUT2D eigenvalue weighted by Crippen LogP contribution is -2.14. The Bertz CT molecular complexity index is 733. The van der Waals surface area contributed by atoms with E-state index in [1.807, 2.05) is 0 Å². The van der Waals surface area contributed by atoms with Crippen molar-refractivity contribution >= 4 is 5.69 Å². The number of halogens is 3. The van der Waals surface area contributed by atoms with Crippen molar-refractivity contribution in [3.63, 3.8) is 0 Å². The van der Waals surface area contributed by atoms with E-state index in [4.69, 9.17) is 4.74 Å². The number of nitro benzene ring substituents is 1. The molecule has 0 aliphatic heterocycles. The molecule has 0 unspecified atom stereocenters. The molecule has 0 atom stereocenters. The van der Waals surface area contributed by atoms with E-state index in [0.717, 1.165) is 12.1 Å². The maximum Gasteiger partial charge on any atom is 0.416 e. The molecule has 0 aliphatic carbocycles. The second kappa shape index (κ2) is 7.31. The van der Waals surface area contributed by atoms with E-state index in [-0.39, 0.29) is 24.5 Å². The van der Waals surface area contributed by atoms with Crippen LogP contribution in [-0.2, 0) is 19.3 Å². The normalized spacial score (nSPS) is 11.3. The van der Waals surface area contributed by atoms with Gasteiger partial charge in [-0.2, -0.15) is 13.2 Å². The molecular weight excluding hydrogens is 325 g/mol. The standard InChI is InChI=1S/C16H15F3N2O3/c1-24-15-6-5-12(8-14(15)21(22)23)10-20-9-11-3-2-4-13(7-11)16(17,18)19/h2-8,20H,9-10H2,1H3. The number of nitro groups is 1. The van der Waals surface area contributed by atoms with Crippen molar-refractivity contribution < 1.29 is 22.8 Å². The van der Waals surface area contributed by atoms with Gasteiger partial charge in [-0.25, -0.2) is 0 Å². The number of nitrogens with one attached hydrogen (secondary N) is 1. The quantitative estimate of drug-likeness (QED) is 0.640. The molecule has 8 heteroatoms. The number of hydrogen-bond acceptors (Lipinski definition) is 4. The van der Waals surface area contributed by atoms with Gasteiger partial charge in [0.15, 0.2) is 5.75 Å². The van der Waals surface area contributed by atoms with Crippen LogP contribution >= 0.6 is 0 Å². The van der Waals surface area contributed by atoms with Crippen molar-refractivity contribution in [3.05, 3.63) is 69.3 Å². The predicted molar refractivity (Wildman–Crippen MR) is 81.6 cm³/mol. The second-order valence-corrected chi connectivity index (χ2v) is 5.07. The highest BCUT2D eigenvalue weighted by Gasteiger charge is 2.30. The van der Waals surface area contributed by atoms with E-state index in [9.17, 15) is 23.3 Å². The fourth-order valence-electron chi connectivity index (χ4n) is 2.20. The van der Waals surface area contributed by atoms with Crippen LogP contribution < -0.4 is 10.1 Å². The van der Waals surface area contributed by atoms with E-state index in [2.05, 4.69) is 5.32 Å². The number of alkyl halides is 3. The Labute approximate surface area is 136 Å². The summed E-state index contributed by atoms with van der Waals surface area (Å²) in [5.41, 5.74) is 0.250. The zero-order chi connectivity index (χ0) is 17.7. The molecule has 0 saturated heterocycles. The van der Waals surface area contributed by atoms with E-state index in [1.165, 1.54) is 25.3 Å². The molecule has 0 heterocycles. The first-order chi connectivity index (χ1) is 11.3. The molecular formula is C16H15F3N2O3. The molecule has 0 aromatic heterocycles. The Balaban J connectivity index is 2.02. The van der Waals surface area contributed by atoms with Gasteiger partial charge in [-0.3, -0.25) is 10.1 Å². The van der Waals surface area contributed by atoms with Crippen molar-refractivity contribution in [3.8, 4) is 5.75 Å².